The molecule has 1 heterocycles. The Kier molecular flexibility index (Phi) is 3.64. The molecule has 1 aliphatic rings. The third kappa shape index (κ3) is 2.52. The third-order valence-corrected chi connectivity index (χ3v) is 3.36. The second-order valence-electron chi connectivity index (χ2n) is 4.66. The van der Waals surface area contributed by atoms with Crippen LogP contribution < -0.4 is 5.32 Å². The first-order chi connectivity index (χ1) is 8.45. The zero-order valence-electron chi connectivity index (χ0n) is 10.1. The van der Waals surface area contributed by atoms with Crippen molar-refractivity contribution in [3.8, 4) is 0 Å². The van der Waals surface area contributed by atoms with Crippen molar-refractivity contribution in [3.63, 3.8) is 0 Å². The molecule has 0 aromatic heterocycles. The van der Waals surface area contributed by atoms with Gasteiger partial charge in [0, 0.05) is 19.1 Å². The molecule has 0 unspecified atom stereocenters. The summed E-state index contributed by atoms with van der Waals surface area (Å²) < 4.78 is 44.4. The largest absolute Gasteiger partial charge is 0.408 e. The van der Waals surface area contributed by atoms with Crippen molar-refractivity contribution in [1.29, 1.82) is 0 Å². The fourth-order valence-corrected chi connectivity index (χ4v) is 2.22. The quantitative estimate of drug-likeness (QED) is 0.900. The Labute approximate surface area is 104 Å². The van der Waals surface area contributed by atoms with Gasteiger partial charge < -0.3 is 4.74 Å². The average molecular weight is 259 g/mol. The Bertz CT molecular complexity index is 385. The van der Waals surface area contributed by atoms with E-state index in [-0.39, 0.29) is 25.7 Å². The van der Waals surface area contributed by atoms with Crippen LogP contribution in [0.2, 0.25) is 0 Å². The number of rotatable bonds is 3. The molecular weight excluding hydrogens is 243 g/mol. The molecule has 1 aliphatic heterocycles. The minimum atomic E-state index is -4.30. The summed E-state index contributed by atoms with van der Waals surface area (Å²) in [6.07, 6.45) is -4.33. The maximum absolute atomic E-state index is 13.1. The first-order valence-corrected chi connectivity index (χ1v) is 5.92. The molecule has 0 aliphatic carbocycles. The number of alkyl halides is 3. The molecule has 2 atom stereocenters. The van der Waals surface area contributed by atoms with Crippen LogP contribution in [0, 0.1) is 0 Å². The number of halogens is 3. The molecule has 0 bridgehead atoms. The van der Waals surface area contributed by atoms with Gasteiger partial charge in [0.1, 0.15) is 5.54 Å². The predicted octanol–water partition coefficient (Wildman–Crippen LogP) is 3.06. The summed E-state index contributed by atoms with van der Waals surface area (Å²) in [5, 5.41) is 2.70. The van der Waals surface area contributed by atoms with E-state index in [1.165, 1.54) is 0 Å². The number of hydrogen-bond acceptors (Lipinski definition) is 2. The molecule has 2 nitrogen and oxygen atoms in total. The summed E-state index contributed by atoms with van der Waals surface area (Å²) in [5.41, 5.74) is -1.07. The molecule has 18 heavy (non-hydrogen) atoms. The van der Waals surface area contributed by atoms with Crippen molar-refractivity contribution in [2.24, 2.45) is 0 Å². The van der Waals surface area contributed by atoms with Crippen molar-refractivity contribution in [1.82, 2.24) is 5.32 Å². The Morgan fingerprint density at radius 1 is 1.28 bits per heavy atom. The van der Waals surface area contributed by atoms with E-state index in [9.17, 15) is 13.2 Å². The second-order valence-corrected chi connectivity index (χ2v) is 4.66. The number of nitrogens with one attached hydrogen (secondary N) is 1. The van der Waals surface area contributed by atoms with E-state index in [1.54, 1.807) is 6.92 Å². The van der Waals surface area contributed by atoms with Crippen LogP contribution in [0.4, 0.5) is 13.2 Å². The van der Waals surface area contributed by atoms with E-state index < -0.39 is 11.7 Å². The van der Waals surface area contributed by atoms with Crippen LogP contribution in [0.25, 0.3) is 0 Å². The van der Waals surface area contributed by atoms with Gasteiger partial charge in [0.2, 0.25) is 0 Å². The highest BCUT2D eigenvalue weighted by atomic mass is 19.4. The van der Waals surface area contributed by atoms with Gasteiger partial charge in [-0.3, -0.25) is 5.32 Å². The van der Waals surface area contributed by atoms with Crippen LogP contribution in [0.5, 0.6) is 0 Å². The second kappa shape index (κ2) is 4.90. The lowest BCUT2D eigenvalue weighted by Crippen LogP contribution is -2.58. The highest BCUT2D eigenvalue weighted by molar-refractivity contribution is 5.19. The summed E-state index contributed by atoms with van der Waals surface area (Å²) in [6, 6.07) is 8.75. The van der Waals surface area contributed by atoms with Gasteiger partial charge in [-0.1, -0.05) is 30.3 Å². The molecule has 0 radical (unpaired) electrons. The molecule has 0 amide bonds. The molecule has 1 aromatic rings. The van der Waals surface area contributed by atoms with Gasteiger partial charge in [-0.2, -0.15) is 13.2 Å². The summed E-state index contributed by atoms with van der Waals surface area (Å²) >= 11 is 0. The van der Waals surface area contributed by atoms with Crippen LogP contribution in [-0.2, 0) is 4.74 Å². The van der Waals surface area contributed by atoms with E-state index in [0.29, 0.717) is 0 Å². The summed E-state index contributed by atoms with van der Waals surface area (Å²) in [6.45, 7) is 1.57. The van der Waals surface area contributed by atoms with Gasteiger partial charge in [0.05, 0.1) is 6.61 Å². The Balaban J connectivity index is 2.16. The topological polar surface area (TPSA) is 21.3 Å². The van der Waals surface area contributed by atoms with Crippen LogP contribution in [0.1, 0.15) is 24.9 Å². The van der Waals surface area contributed by atoms with E-state index in [4.69, 9.17) is 4.74 Å². The SMILES string of the molecule is C[C@H](N[C@]1(C(F)(F)F)CCOC1)c1ccccc1. The maximum Gasteiger partial charge on any atom is 0.408 e. The standard InChI is InChI=1S/C13H16F3NO/c1-10(11-5-3-2-4-6-11)17-12(13(14,15)16)7-8-18-9-12/h2-6,10,17H,7-9H2,1H3/t10-,12+/m0/s1. The first-order valence-electron chi connectivity index (χ1n) is 5.92. The van der Waals surface area contributed by atoms with E-state index >= 15 is 0 Å². The predicted molar refractivity (Wildman–Crippen MR) is 62.2 cm³/mol. The van der Waals surface area contributed by atoms with Gasteiger partial charge in [-0.25, -0.2) is 0 Å². The fourth-order valence-electron chi connectivity index (χ4n) is 2.22. The lowest BCUT2D eigenvalue weighted by Gasteiger charge is -2.34. The normalized spacial score (nSPS) is 26.2. The van der Waals surface area contributed by atoms with Crippen LogP contribution in [0.15, 0.2) is 30.3 Å². The molecule has 1 N–H and O–H groups in total. The first kappa shape index (κ1) is 13.4. The lowest BCUT2D eigenvalue weighted by molar-refractivity contribution is -0.198. The van der Waals surface area contributed by atoms with Gasteiger partial charge >= 0.3 is 6.18 Å². The number of ether oxygens (including phenoxy) is 1. The molecule has 5 heteroatoms. The minimum Gasteiger partial charge on any atom is -0.379 e. The Morgan fingerprint density at radius 2 is 1.94 bits per heavy atom. The summed E-state index contributed by atoms with van der Waals surface area (Å²) in [4.78, 5) is 0. The Morgan fingerprint density at radius 3 is 2.44 bits per heavy atom. The molecule has 1 aromatic carbocycles. The van der Waals surface area contributed by atoms with Gasteiger partial charge in [0.25, 0.3) is 0 Å². The van der Waals surface area contributed by atoms with Crippen LogP contribution in [-0.4, -0.2) is 24.9 Å². The number of benzene rings is 1. The molecule has 0 saturated carbocycles. The third-order valence-electron chi connectivity index (χ3n) is 3.36. The zero-order chi connectivity index (χ0) is 13.2. The molecule has 100 valence electrons. The average Bonchev–Trinajstić information content (AvgIpc) is 2.79. The molecule has 0 spiro atoms. The molecule has 1 saturated heterocycles. The van der Waals surface area contributed by atoms with E-state index in [2.05, 4.69) is 5.32 Å². The van der Waals surface area contributed by atoms with Gasteiger partial charge in [-0.15, -0.1) is 0 Å². The van der Waals surface area contributed by atoms with Crippen molar-refractivity contribution in [2.45, 2.75) is 31.1 Å². The minimum absolute atomic E-state index is 0.0341. The lowest BCUT2D eigenvalue weighted by atomic mass is 9.95. The fraction of sp³-hybridized carbons (Fsp3) is 0.538. The molecule has 2 rings (SSSR count). The highest BCUT2D eigenvalue weighted by Gasteiger charge is 2.57. The van der Waals surface area contributed by atoms with Gasteiger partial charge in [-0.05, 0) is 12.5 Å². The van der Waals surface area contributed by atoms with Crippen molar-refractivity contribution in [2.75, 3.05) is 13.2 Å². The van der Waals surface area contributed by atoms with Crippen LogP contribution >= 0.6 is 0 Å². The Hall–Kier alpha value is -1.07. The number of hydrogen-bond donors (Lipinski definition) is 1. The smallest absolute Gasteiger partial charge is 0.379 e. The molecule has 1 fully saturated rings. The maximum atomic E-state index is 13.1. The molecular formula is C13H16F3NO. The van der Waals surface area contributed by atoms with E-state index in [1.807, 2.05) is 30.3 Å². The zero-order valence-corrected chi connectivity index (χ0v) is 10.1. The van der Waals surface area contributed by atoms with Crippen LogP contribution in [0.3, 0.4) is 0 Å². The highest BCUT2D eigenvalue weighted by Crippen LogP contribution is 2.38. The monoisotopic (exact) mass is 259 g/mol. The summed E-state index contributed by atoms with van der Waals surface area (Å²) in [7, 11) is 0. The van der Waals surface area contributed by atoms with Crippen molar-refractivity contribution >= 4 is 0 Å². The van der Waals surface area contributed by atoms with Crippen molar-refractivity contribution in [3.05, 3.63) is 35.9 Å². The van der Waals surface area contributed by atoms with E-state index in [0.717, 1.165) is 5.56 Å². The van der Waals surface area contributed by atoms with Gasteiger partial charge in [0.15, 0.2) is 0 Å². The van der Waals surface area contributed by atoms with Crippen molar-refractivity contribution < 1.29 is 17.9 Å². The summed E-state index contributed by atoms with van der Waals surface area (Å²) in [5.74, 6) is 0.